The lowest BCUT2D eigenvalue weighted by molar-refractivity contribution is -0.146. The molecular weight excluding hydrogens is 156 g/mol. The summed E-state index contributed by atoms with van der Waals surface area (Å²) in [6, 6.07) is 0. The zero-order chi connectivity index (χ0) is 9.14. The van der Waals surface area contributed by atoms with E-state index in [1.54, 1.807) is 6.08 Å². The maximum Gasteiger partial charge on any atom is 0.306 e. The van der Waals surface area contributed by atoms with Crippen LogP contribution in [0.1, 0.15) is 19.8 Å². The van der Waals surface area contributed by atoms with Gasteiger partial charge in [0.2, 0.25) is 0 Å². The number of hydrogen-bond donors (Lipinski definition) is 1. The normalized spacial score (nSPS) is 27.8. The minimum atomic E-state index is -0.603. The van der Waals surface area contributed by atoms with Gasteiger partial charge in [-0.25, -0.2) is 0 Å². The lowest BCUT2D eigenvalue weighted by Gasteiger charge is -2.20. The van der Waals surface area contributed by atoms with Crippen LogP contribution in [0.4, 0.5) is 0 Å². The van der Waals surface area contributed by atoms with Crippen LogP contribution in [0.2, 0.25) is 0 Å². The van der Waals surface area contributed by atoms with E-state index >= 15 is 0 Å². The lowest BCUT2D eigenvalue weighted by atomic mass is 9.98. The molecule has 0 spiro atoms. The van der Waals surface area contributed by atoms with Crippen molar-refractivity contribution in [1.82, 2.24) is 0 Å². The van der Waals surface area contributed by atoms with Gasteiger partial charge in [0.25, 0.3) is 0 Å². The van der Waals surface area contributed by atoms with Crippen LogP contribution in [0.15, 0.2) is 12.7 Å². The molecule has 3 heteroatoms. The molecule has 0 bridgehead atoms. The largest absolute Gasteiger partial charge is 0.460 e. The summed E-state index contributed by atoms with van der Waals surface area (Å²) in [4.78, 5) is 10.7. The second-order valence-corrected chi connectivity index (χ2v) is 3.15. The van der Waals surface area contributed by atoms with Crippen molar-refractivity contribution in [3.05, 3.63) is 12.7 Å². The molecule has 0 aromatic rings. The number of cyclic esters (lactones) is 1. The second-order valence-electron chi connectivity index (χ2n) is 3.15. The van der Waals surface area contributed by atoms with Gasteiger partial charge in [-0.2, -0.15) is 0 Å². The number of aliphatic hydroxyl groups excluding tert-OH is 1. The first kappa shape index (κ1) is 9.26. The molecule has 1 N–H and O–H groups in total. The van der Waals surface area contributed by atoms with Gasteiger partial charge in [-0.1, -0.05) is 13.0 Å². The Kier molecular flexibility index (Phi) is 2.87. The number of rotatable bonds is 3. The Morgan fingerprint density at radius 3 is 2.92 bits per heavy atom. The third kappa shape index (κ3) is 1.85. The molecule has 3 atom stereocenters. The number of aliphatic hydroxyl groups is 1. The van der Waals surface area contributed by atoms with Crippen molar-refractivity contribution < 1.29 is 14.6 Å². The average molecular weight is 170 g/mol. The summed E-state index contributed by atoms with van der Waals surface area (Å²) < 4.78 is 4.91. The van der Waals surface area contributed by atoms with Crippen molar-refractivity contribution in [3.8, 4) is 0 Å². The molecule has 1 aliphatic rings. The molecule has 1 rings (SSSR count). The molecule has 12 heavy (non-hydrogen) atoms. The van der Waals surface area contributed by atoms with Gasteiger partial charge in [0, 0.05) is 12.3 Å². The fraction of sp³-hybridized carbons (Fsp3) is 0.667. The van der Waals surface area contributed by atoms with Crippen molar-refractivity contribution >= 4 is 5.97 Å². The molecule has 3 nitrogen and oxygen atoms in total. The molecule has 0 radical (unpaired) electrons. The Hall–Kier alpha value is -0.830. The van der Waals surface area contributed by atoms with Crippen LogP contribution in [-0.4, -0.2) is 23.3 Å². The summed E-state index contributed by atoms with van der Waals surface area (Å²) in [5.74, 6) is -0.240. The van der Waals surface area contributed by atoms with E-state index in [-0.39, 0.29) is 18.0 Å². The minimum Gasteiger partial charge on any atom is -0.460 e. The highest BCUT2D eigenvalue weighted by Gasteiger charge is 2.31. The van der Waals surface area contributed by atoms with Crippen molar-refractivity contribution in [2.75, 3.05) is 0 Å². The van der Waals surface area contributed by atoms with Gasteiger partial charge in [0.15, 0.2) is 0 Å². The van der Waals surface area contributed by atoms with Crippen LogP contribution in [0.25, 0.3) is 0 Å². The highest BCUT2D eigenvalue weighted by molar-refractivity contribution is 5.71. The highest BCUT2D eigenvalue weighted by atomic mass is 16.6. The topological polar surface area (TPSA) is 46.5 Å². The van der Waals surface area contributed by atoms with Crippen LogP contribution >= 0.6 is 0 Å². The molecule has 1 saturated heterocycles. The molecule has 68 valence electrons. The lowest BCUT2D eigenvalue weighted by Crippen LogP contribution is -2.30. The fourth-order valence-corrected chi connectivity index (χ4v) is 1.27. The number of ether oxygens (including phenoxy) is 1. The Bertz CT molecular complexity index is 188. The first-order chi connectivity index (χ1) is 5.65. The SMILES string of the molecule is C=C[C@H](C)[C@@H](O)[C@@H]1CCC(=O)O1. The Morgan fingerprint density at radius 2 is 2.50 bits per heavy atom. The predicted octanol–water partition coefficient (Wildman–Crippen LogP) is 0.875. The molecule has 0 aromatic carbocycles. The standard InChI is InChI=1S/C9H14O3/c1-3-6(2)9(11)7-4-5-8(10)12-7/h3,6-7,9,11H,1,4-5H2,2H3/t6-,7-,9+/m0/s1. The summed E-state index contributed by atoms with van der Waals surface area (Å²) in [6.07, 6.45) is 1.78. The maximum absolute atomic E-state index is 10.7. The van der Waals surface area contributed by atoms with Crippen molar-refractivity contribution in [1.29, 1.82) is 0 Å². The monoisotopic (exact) mass is 170 g/mol. The molecule has 0 aliphatic carbocycles. The summed E-state index contributed by atoms with van der Waals surface area (Å²) in [5, 5.41) is 9.59. The summed E-state index contributed by atoms with van der Waals surface area (Å²) in [5.41, 5.74) is 0. The van der Waals surface area contributed by atoms with Gasteiger partial charge >= 0.3 is 5.97 Å². The smallest absolute Gasteiger partial charge is 0.306 e. The number of carbonyl (C=O) groups is 1. The van der Waals surface area contributed by atoms with Crippen LogP contribution in [0.5, 0.6) is 0 Å². The van der Waals surface area contributed by atoms with Crippen LogP contribution in [-0.2, 0) is 9.53 Å². The van der Waals surface area contributed by atoms with Gasteiger partial charge in [-0.3, -0.25) is 4.79 Å². The van der Waals surface area contributed by atoms with Crippen LogP contribution in [0, 0.1) is 5.92 Å². The average Bonchev–Trinajstić information content (AvgIpc) is 2.49. The molecular formula is C9H14O3. The summed E-state index contributed by atoms with van der Waals surface area (Å²) in [6.45, 7) is 5.42. The Labute approximate surface area is 72.0 Å². The summed E-state index contributed by atoms with van der Waals surface area (Å²) >= 11 is 0. The van der Waals surface area contributed by atoms with E-state index in [1.165, 1.54) is 0 Å². The van der Waals surface area contributed by atoms with E-state index in [2.05, 4.69) is 6.58 Å². The third-order valence-electron chi connectivity index (χ3n) is 2.21. The van der Waals surface area contributed by atoms with E-state index in [4.69, 9.17) is 4.74 Å². The van der Waals surface area contributed by atoms with Gasteiger partial charge in [0.1, 0.15) is 6.10 Å². The summed E-state index contributed by atoms with van der Waals surface area (Å²) in [7, 11) is 0. The van der Waals surface area contributed by atoms with Crippen molar-refractivity contribution in [2.45, 2.75) is 32.0 Å². The number of esters is 1. The zero-order valence-electron chi connectivity index (χ0n) is 7.19. The first-order valence-electron chi connectivity index (χ1n) is 4.15. The Balaban J connectivity index is 2.47. The first-order valence-corrected chi connectivity index (χ1v) is 4.15. The fourth-order valence-electron chi connectivity index (χ4n) is 1.27. The quantitative estimate of drug-likeness (QED) is 0.505. The molecule has 0 unspecified atom stereocenters. The maximum atomic E-state index is 10.7. The predicted molar refractivity (Wildman–Crippen MR) is 44.5 cm³/mol. The van der Waals surface area contributed by atoms with E-state index in [9.17, 15) is 9.90 Å². The Morgan fingerprint density at radius 1 is 1.83 bits per heavy atom. The van der Waals surface area contributed by atoms with E-state index in [0.29, 0.717) is 12.8 Å². The molecule has 0 amide bonds. The van der Waals surface area contributed by atoms with Crippen LogP contribution in [0.3, 0.4) is 0 Å². The van der Waals surface area contributed by atoms with E-state index in [1.807, 2.05) is 6.92 Å². The highest BCUT2D eigenvalue weighted by Crippen LogP contribution is 2.21. The molecule has 1 heterocycles. The minimum absolute atomic E-state index is 0.0269. The van der Waals surface area contributed by atoms with Crippen LogP contribution < -0.4 is 0 Å². The van der Waals surface area contributed by atoms with Crippen molar-refractivity contribution in [3.63, 3.8) is 0 Å². The zero-order valence-corrected chi connectivity index (χ0v) is 7.19. The van der Waals surface area contributed by atoms with Gasteiger partial charge in [0.05, 0.1) is 6.10 Å². The molecule has 1 fully saturated rings. The van der Waals surface area contributed by atoms with E-state index in [0.717, 1.165) is 0 Å². The third-order valence-corrected chi connectivity index (χ3v) is 2.21. The van der Waals surface area contributed by atoms with E-state index < -0.39 is 6.10 Å². The number of hydrogen-bond acceptors (Lipinski definition) is 3. The van der Waals surface area contributed by atoms with Gasteiger partial charge in [-0.15, -0.1) is 6.58 Å². The van der Waals surface area contributed by atoms with Gasteiger partial charge in [-0.05, 0) is 6.42 Å². The molecule has 0 saturated carbocycles. The molecule has 0 aromatic heterocycles. The number of carbonyl (C=O) groups excluding carboxylic acids is 1. The second kappa shape index (κ2) is 3.72. The molecule has 1 aliphatic heterocycles. The van der Waals surface area contributed by atoms with Gasteiger partial charge < -0.3 is 9.84 Å². The van der Waals surface area contributed by atoms with Crippen molar-refractivity contribution in [2.24, 2.45) is 5.92 Å².